The van der Waals surface area contributed by atoms with Gasteiger partial charge in [0.05, 0.1) is 5.02 Å². The Labute approximate surface area is 130 Å². The van der Waals surface area contributed by atoms with Gasteiger partial charge >= 0.3 is 0 Å². The van der Waals surface area contributed by atoms with Crippen LogP contribution in [0.2, 0.25) is 5.02 Å². The van der Waals surface area contributed by atoms with Gasteiger partial charge in [0.1, 0.15) is 4.90 Å². The van der Waals surface area contributed by atoms with Gasteiger partial charge < -0.3 is 5.73 Å². The number of sulfonamides is 1. The first-order chi connectivity index (χ1) is 9.88. The lowest BCUT2D eigenvalue weighted by molar-refractivity contribution is 0.581. The average Bonchev–Trinajstić information content (AvgIpc) is 2.38. The quantitative estimate of drug-likeness (QED) is 0.831. The Balaban J connectivity index is 2.05. The number of nitrogens with two attached hydrogens (primary N) is 1. The zero-order valence-corrected chi connectivity index (χ0v) is 13.2. The molecule has 0 aliphatic carbocycles. The molecular formula is C15H17ClN2O2S. The highest BCUT2D eigenvalue weighted by Gasteiger charge is 2.17. The van der Waals surface area contributed by atoms with Crippen molar-refractivity contribution in [2.45, 2.75) is 18.2 Å². The van der Waals surface area contributed by atoms with Crippen LogP contribution in [-0.2, 0) is 16.4 Å². The van der Waals surface area contributed by atoms with Crippen LogP contribution in [0, 0.1) is 6.92 Å². The van der Waals surface area contributed by atoms with Crippen molar-refractivity contribution in [1.29, 1.82) is 0 Å². The molecule has 0 aromatic heterocycles. The predicted molar refractivity (Wildman–Crippen MR) is 85.9 cm³/mol. The molecule has 0 aliphatic rings. The number of anilines is 1. The summed E-state index contributed by atoms with van der Waals surface area (Å²) in [7, 11) is -3.63. The van der Waals surface area contributed by atoms with E-state index < -0.39 is 10.0 Å². The van der Waals surface area contributed by atoms with Crippen molar-refractivity contribution in [2.24, 2.45) is 0 Å². The van der Waals surface area contributed by atoms with Crippen molar-refractivity contribution in [3.63, 3.8) is 0 Å². The Kier molecular flexibility index (Phi) is 4.88. The first-order valence-corrected chi connectivity index (χ1v) is 8.35. The van der Waals surface area contributed by atoms with E-state index in [1.54, 1.807) is 0 Å². The lowest BCUT2D eigenvalue weighted by Crippen LogP contribution is -2.26. The summed E-state index contributed by atoms with van der Waals surface area (Å²) in [6.07, 6.45) is 0.619. The molecule has 4 nitrogen and oxygen atoms in total. The van der Waals surface area contributed by atoms with Crippen molar-refractivity contribution < 1.29 is 8.42 Å². The number of benzene rings is 2. The van der Waals surface area contributed by atoms with Gasteiger partial charge in [-0.25, -0.2) is 13.1 Å². The minimum absolute atomic E-state index is 0.0441. The van der Waals surface area contributed by atoms with E-state index in [1.165, 1.54) is 18.2 Å². The Morgan fingerprint density at radius 3 is 2.62 bits per heavy atom. The molecule has 112 valence electrons. The molecular weight excluding hydrogens is 308 g/mol. The number of nitrogens with one attached hydrogen (secondary N) is 1. The van der Waals surface area contributed by atoms with Gasteiger partial charge in [0.15, 0.2) is 0 Å². The molecule has 0 spiro atoms. The molecule has 0 atom stereocenters. The van der Waals surface area contributed by atoms with Gasteiger partial charge in [-0.2, -0.15) is 0 Å². The van der Waals surface area contributed by atoms with E-state index in [1.807, 2.05) is 31.2 Å². The van der Waals surface area contributed by atoms with Crippen molar-refractivity contribution in [3.8, 4) is 0 Å². The van der Waals surface area contributed by atoms with Crippen LogP contribution in [0.5, 0.6) is 0 Å². The zero-order chi connectivity index (χ0) is 15.5. The van der Waals surface area contributed by atoms with Crippen LogP contribution in [0.3, 0.4) is 0 Å². The van der Waals surface area contributed by atoms with E-state index in [0.29, 0.717) is 18.7 Å². The first-order valence-electron chi connectivity index (χ1n) is 6.49. The highest BCUT2D eigenvalue weighted by Crippen LogP contribution is 2.23. The van der Waals surface area contributed by atoms with Crippen LogP contribution in [0.4, 0.5) is 5.69 Å². The number of nitrogen functional groups attached to an aromatic ring is 1. The molecule has 3 N–H and O–H groups in total. The molecule has 0 saturated heterocycles. The Morgan fingerprint density at radius 1 is 1.19 bits per heavy atom. The lowest BCUT2D eigenvalue weighted by atomic mass is 10.1. The lowest BCUT2D eigenvalue weighted by Gasteiger charge is -2.09. The molecule has 0 aliphatic heterocycles. The summed E-state index contributed by atoms with van der Waals surface area (Å²) in [5.74, 6) is 0. The summed E-state index contributed by atoms with van der Waals surface area (Å²) < 4.78 is 26.9. The van der Waals surface area contributed by atoms with Gasteiger partial charge in [-0.1, -0.05) is 41.4 Å². The van der Waals surface area contributed by atoms with E-state index in [4.69, 9.17) is 17.3 Å². The maximum absolute atomic E-state index is 12.2. The van der Waals surface area contributed by atoms with Crippen LogP contribution in [0.1, 0.15) is 11.1 Å². The average molecular weight is 325 g/mol. The first kappa shape index (κ1) is 15.8. The zero-order valence-electron chi connectivity index (χ0n) is 11.6. The van der Waals surface area contributed by atoms with Gasteiger partial charge in [0.2, 0.25) is 10.0 Å². The monoisotopic (exact) mass is 324 g/mol. The smallest absolute Gasteiger partial charge is 0.242 e. The van der Waals surface area contributed by atoms with E-state index in [9.17, 15) is 8.42 Å². The molecule has 6 heteroatoms. The van der Waals surface area contributed by atoms with Crippen molar-refractivity contribution in [2.75, 3.05) is 12.3 Å². The molecule has 2 aromatic rings. The minimum Gasteiger partial charge on any atom is -0.399 e. The molecule has 0 unspecified atom stereocenters. The highest BCUT2D eigenvalue weighted by molar-refractivity contribution is 7.89. The third-order valence-electron chi connectivity index (χ3n) is 3.03. The summed E-state index contributed by atoms with van der Waals surface area (Å²) in [4.78, 5) is 0.0441. The maximum atomic E-state index is 12.2. The summed E-state index contributed by atoms with van der Waals surface area (Å²) in [5.41, 5.74) is 8.23. The molecule has 0 heterocycles. The second-order valence-corrected chi connectivity index (χ2v) is 6.97. The van der Waals surface area contributed by atoms with Crippen molar-refractivity contribution in [1.82, 2.24) is 4.72 Å². The Morgan fingerprint density at radius 2 is 1.95 bits per heavy atom. The van der Waals surface area contributed by atoms with Gasteiger partial charge in [-0.15, -0.1) is 0 Å². The van der Waals surface area contributed by atoms with Gasteiger partial charge in [-0.05, 0) is 37.1 Å². The topological polar surface area (TPSA) is 72.2 Å². The molecule has 2 aromatic carbocycles. The molecule has 0 bridgehead atoms. The molecule has 0 amide bonds. The number of halogens is 1. The summed E-state index contributed by atoms with van der Waals surface area (Å²) in [6.45, 7) is 2.31. The summed E-state index contributed by atoms with van der Waals surface area (Å²) in [6, 6.07) is 12.3. The van der Waals surface area contributed by atoms with Crippen molar-refractivity contribution >= 4 is 27.3 Å². The van der Waals surface area contributed by atoms with E-state index in [2.05, 4.69) is 4.72 Å². The van der Waals surface area contributed by atoms with E-state index in [0.717, 1.165) is 11.1 Å². The fraction of sp³-hybridized carbons (Fsp3) is 0.200. The second kappa shape index (κ2) is 6.47. The van der Waals surface area contributed by atoms with Crippen LogP contribution in [0.25, 0.3) is 0 Å². The van der Waals surface area contributed by atoms with E-state index in [-0.39, 0.29) is 9.92 Å². The Bertz CT molecular complexity index is 745. The molecule has 21 heavy (non-hydrogen) atoms. The maximum Gasteiger partial charge on any atom is 0.242 e. The van der Waals surface area contributed by atoms with Crippen LogP contribution >= 0.6 is 11.6 Å². The third-order valence-corrected chi connectivity index (χ3v) is 4.98. The SMILES string of the molecule is Cc1cccc(CCNS(=O)(=O)c2ccc(N)cc2Cl)c1. The fourth-order valence-electron chi connectivity index (χ4n) is 2.01. The number of rotatable bonds is 5. The molecule has 0 saturated carbocycles. The fourth-order valence-corrected chi connectivity index (χ4v) is 3.59. The number of hydrogen-bond donors (Lipinski definition) is 2. The summed E-state index contributed by atoms with van der Waals surface area (Å²) >= 11 is 5.93. The van der Waals surface area contributed by atoms with Crippen LogP contribution in [0.15, 0.2) is 47.4 Å². The molecule has 2 rings (SSSR count). The number of aryl methyl sites for hydroxylation is 1. The van der Waals surface area contributed by atoms with E-state index >= 15 is 0 Å². The standard InChI is InChI=1S/C15H17ClN2O2S/c1-11-3-2-4-12(9-11)7-8-18-21(19,20)15-6-5-13(17)10-14(15)16/h2-6,9-10,18H,7-8,17H2,1H3. The highest BCUT2D eigenvalue weighted by atomic mass is 35.5. The van der Waals surface area contributed by atoms with Gasteiger partial charge in [-0.3, -0.25) is 0 Å². The van der Waals surface area contributed by atoms with Gasteiger partial charge in [0.25, 0.3) is 0 Å². The van der Waals surface area contributed by atoms with Crippen molar-refractivity contribution in [3.05, 3.63) is 58.6 Å². The van der Waals surface area contributed by atoms with Crippen LogP contribution < -0.4 is 10.5 Å². The third kappa shape index (κ3) is 4.20. The van der Waals surface area contributed by atoms with Gasteiger partial charge in [0, 0.05) is 12.2 Å². The number of hydrogen-bond acceptors (Lipinski definition) is 3. The normalized spacial score (nSPS) is 11.5. The molecule has 0 fully saturated rings. The Hall–Kier alpha value is -1.56. The van der Waals surface area contributed by atoms with Crippen LogP contribution in [-0.4, -0.2) is 15.0 Å². The minimum atomic E-state index is -3.63. The molecule has 0 radical (unpaired) electrons. The second-order valence-electron chi connectivity index (χ2n) is 4.83. The largest absolute Gasteiger partial charge is 0.399 e. The predicted octanol–water partition coefficient (Wildman–Crippen LogP) is 2.75. The summed E-state index contributed by atoms with van der Waals surface area (Å²) in [5, 5.41) is 0.123.